The van der Waals surface area contributed by atoms with Crippen LogP contribution in [0, 0.1) is 13.8 Å². The van der Waals surface area contributed by atoms with E-state index < -0.39 is 5.92 Å². The smallest absolute Gasteiger partial charge is 0.278 e. The molecule has 1 aliphatic heterocycles. The number of fused-ring (bicyclic) bond motifs is 1. The van der Waals surface area contributed by atoms with Gasteiger partial charge in [0.25, 0.3) is 5.56 Å². The molecule has 0 spiro atoms. The van der Waals surface area contributed by atoms with E-state index in [1.165, 1.54) is 9.58 Å². The molecule has 0 aliphatic carbocycles. The average molecular weight is 401 g/mol. The zero-order chi connectivity index (χ0) is 21.0. The number of carbonyl (C=O) groups excluding carboxylic acids is 2. The quantitative estimate of drug-likeness (QED) is 0.515. The highest BCUT2D eigenvalue weighted by molar-refractivity contribution is 6.23. The van der Waals surface area contributed by atoms with Crippen LogP contribution in [-0.2, 0) is 9.59 Å². The molecular weight excluding hydrogens is 382 g/mol. The number of H-pyrrole nitrogens is 2. The maximum atomic E-state index is 13.2. The van der Waals surface area contributed by atoms with Crippen molar-refractivity contribution in [2.75, 3.05) is 4.90 Å². The number of aromatic nitrogens is 4. The third kappa shape index (κ3) is 2.61. The van der Waals surface area contributed by atoms with Crippen molar-refractivity contribution in [3.05, 3.63) is 75.7 Å². The molecular formula is C22H19N5O3. The first-order valence-electron chi connectivity index (χ1n) is 9.65. The molecule has 1 fully saturated rings. The molecule has 0 bridgehead atoms. The number of nitrogens with zero attached hydrogens (tertiary/aromatic N) is 3. The average Bonchev–Trinajstić information content (AvgIpc) is 3.36. The Kier molecular flexibility index (Phi) is 3.95. The van der Waals surface area contributed by atoms with Gasteiger partial charge in [-0.1, -0.05) is 30.3 Å². The van der Waals surface area contributed by atoms with E-state index in [-0.39, 0.29) is 23.8 Å². The first-order chi connectivity index (χ1) is 14.5. The Hall–Kier alpha value is -3.94. The van der Waals surface area contributed by atoms with Gasteiger partial charge in [0.2, 0.25) is 17.8 Å². The number of hydrogen-bond donors (Lipinski definition) is 2. The summed E-state index contributed by atoms with van der Waals surface area (Å²) in [5.74, 6) is -1.19. The monoisotopic (exact) mass is 401 g/mol. The van der Waals surface area contributed by atoms with Gasteiger partial charge in [0.1, 0.15) is 0 Å². The Bertz CT molecular complexity index is 1340. The predicted octanol–water partition coefficient (Wildman–Crippen LogP) is 2.71. The highest BCUT2D eigenvalue weighted by Gasteiger charge is 2.43. The highest BCUT2D eigenvalue weighted by Crippen LogP contribution is 2.34. The van der Waals surface area contributed by atoms with Crippen LogP contribution in [0.2, 0.25) is 0 Å². The van der Waals surface area contributed by atoms with Crippen molar-refractivity contribution >= 4 is 28.5 Å². The molecule has 8 heteroatoms. The molecule has 3 heterocycles. The summed E-state index contributed by atoms with van der Waals surface area (Å²) >= 11 is 0. The van der Waals surface area contributed by atoms with Crippen molar-refractivity contribution in [2.24, 2.45) is 0 Å². The molecule has 2 aromatic carbocycles. The largest absolute Gasteiger partial charge is 0.322 e. The molecule has 0 radical (unpaired) electrons. The van der Waals surface area contributed by atoms with Gasteiger partial charge in [-0.2, -0.15) is 4.68 Å². The lowest BCUT2D eigenvalue weighted by atomic mass is 9.98. The highest BCUT2D eigenvalue weighted by atomic mass is 16.2. The van der Waals surface area contributed by atoms with Crippen LogP contribution in [0.4, 0.5) is 5.69 Å². The SMILES string of the molecule is Cc1ccccc1N1C(=O)CC(c2c(C)[nH]n(-c3nc4ccccc4[nH]3)c2=O)C1=O. The molecule has 8 nitrogen and oxygen atoms in total. The number of anilines is 1. The normalized spacial score (nSPS) is 16.7. The van der Waals surface area contributed by atoms with Gasteiger partial charge in [0.05, 0.1) is 28.2 Å². The molecule has 2 aromatic heterocycles. The van der Waals surface area contributed by atoms with Crippen molar-refractivity contribution in [2.45, 2.75) is 26.2 Å². The molecule has 4 aromatic rings. The van der Waals surface area contributed by atoms with Crippen molar-refractivity contribution in [3.8, 4) is 5.95 Å². The van der Waals surface area contributed by atoms with E-state index >= 15 is 0 Å². The van der Waals surface area contributed by atoms with Gasteiger partial charge < -0.3 is 4.98 Å². The second-order valence-electron chi connectivity index (χ2n) is 7.48. The molecule has 150 valence electrons. The van der Waals surface area contributed by atoms with E-state index in [9.17, 15) is 14.4 Å². The minimum Gasteiger partial charge on any atom is -0.322 e. The van der Waals surface area contributed by atoms with E-state index in [1.54, 1.807) is 19.1 Å². The van der Waals surface area contributed by atoms with Crippen molar-refractivity contribution in [1.29, 1.82) is 0 Å². The third-order valence-corrected chi connectivity index (χ3v) is 5.56. The zero-order valence-corrected chi connectivity index (χ0v) is 16.5. The van der Waals surface area contributed by atoms with Gasteiger partial charge in [-0.25, -0.2) is 9.88 Å². The minimum atomic E-state index is -0.827. The number of hydrogen-bond acceptors (Lipinski definition) is 4. The van der Waals surface area contributed by atoms with Gasteiger partial charge in [-0.3, -0.25) is 19.5 Å². The minimum absolute atomic E-state index is 0.0404. The number of para-hydroxylation sites is 3. The Morgan fingerprint density at radius 2 is 1.73 bits per heavy atom. The second kappa shape index (κ2) is 6.55. The Morgan fingerprint density at radius 1 is 1.00 bits per heavy atom. The third-order valence-electron chi connectivity index (χ3n) is 5.56. The van der Waals surface area contributed by atoms with Gasteiger partial charge >= 0.3 is 0 Å². The van der Waals surface area contributed by atoms with E-state index in [1.807, 2.05) is 43.3 Å². The second-order valence-corrected chi connectivity index (χ2v) is 7.48. The maximum absolute atomic E-state index is 13.2. The van der Waals surface area contributed by atoms with Gasteiger partial charge in [-0.05, 0) is 37.6 Å². The van der Waals surface area contributed by atoms with Crippen molar-refractivity contribution in [1.82, 2.24) is 19.7 Å². The fraction of sp³-hybridized carbons (Fsp3) is 0.182. The van der Waals surface area contributed by atoms with E-state index in [4.69, 9.17) is 0 Å². The summed E-state index contributed by atoms with van der Waals surface area (Å²) in [5, 5.41) is 3.00. The molecule has 5 rings (SSSR count). The first kappa shape index (κ1) is 18.1. The van der Waals surface area contributed by atoms with E-state index in [0.717, 1.165) is 16.6 Å². The molecule has 1 aliphatic rings. The van der Waals surface area contributed by atoms with Crippen LogP contribution in [0.1, 0.15) is 29.2 Å². The first-order valence-corrected chi connectivity index (χ1v) is 9.65. The molecule has 1 saturated heterocycles. The number of amides is 2. The summed E-state index contributed by atoms with van der Waals surface area (Å²) in [4.78, 5) is 47.8. The Balaban J connectivity index is 1.57. The van der Waals surface area contributed by atoms with Crippen LogP contribution in [-0.4, -0.2) is 31.6 Å². The molecule has 1 atom stereocenters. The number of imide groups is 1. The number of imidazole rings is 1. The summed E-state index contributed by atoms with van der Waals surface area (Å²) in [7, 11) is 0. The van der Waals surface area contributed by atoms with Crippen LogP contribution in [0.3, 0.4) is 0 Å². The number of carbonyl (C=O) groups is 2. The lowest BCUT2D eigenvalue weighted by Crippen LogP contribution is -2.31. The number of aryl methyl sites for hydroxylation is 2. The fourth-order valence-corrected chi connectivity index (χ4v) is 4.09. The summed E-state index contributed by atoms with van der Waals surface area (Å²) in [6, 6.07) is 14.7. The van der Waals surface area contributed by atoms with E-state index in [2.05, 4.69) is 15.1 Å². The number of benzene rings is 2. The number of aromatic amines is 2. The van der Waals surface area contributed by atoms with E-state index in [0.29, 0.717) is 22.9 Å². The maximum Gasteiger partial charge on any atom is 0.278 e. The van der Waals surface area contributed by atoms with Gasteiger partial charge in [0.15, 0.2) is 0 Å². The molecule has 30 heavy (non-hydrogen) atoms. The van der Waals surface area contributed by atoms with Gasteiger partial charge in [-0.15, -0.1) is 0 Å². The van der Waals surface area contributed by atoms with Crippen LogP contribution in [0.5, 0.6) is 0 Å². The van der Waals surface area contributed by atoms with Crippen LogP contribution in [0.15, 0.2) is 53.3 Å². The van der Waals surface area contributed by atoms with Crippen molar-refractivity contribution < 1.29 is 9.59 Å². The Labute approximate surface area is 171 Å². The lowest BCUT2D eigenvalue weighted by Gasteiger charge is -2.17. The zero-order valence-electron chi connectivity index (χ0n) is 16.5. The molecule has 1 unspecified atom stereocenters. The molecule has 2 N–H and O–H groups in total. The van der Waals surface area contributed by atoms with Crippen LogP contribution < -0.4 is 10.5 Å². The topological polar surface area (TPSA) is 104 Å². The summed E-state index contributed by atoms with van der Waals surface area (Å²) < 4.78 is 1.29. The van der Waals surface area contributed by atoms with Crippen molar-refractivity contribution in [3.63, 3.8) is 0 Å². The fourth-order valence-electron chi connectivity index (χ4n) is 4.09. The summed E-state index contributed by atoms with van der Waals surface area (Å²) in [6.07, 6.45) is -0.0404. The number of nitrogens with one attached hydrogen (secondary N) is 2. The lowest BCUT2D eigenvalue weighted by molar-refractivity contribution is -0.121. The predicted molar refractivity (Wildman–Crippen MR) is 112 cm³/mol. The molecule has 0 saturated carbocycles. The van der Waals surface area contributed by atoms with Crippen LogP contribution >= 0.6 is 0 Å². The standard InChI is InChI=1S/C22H19N5O3/c1-12-7-3-6-10-17(12)26-18(28)11-14(20(26)29)19-13(2)25-27(21(19)30)22-23-15-8-4-5-9-16(15)24-22/h3-10,14,25H,11H2,1-2H3,(H,23,24). The molecule has 2 amide bonds. The van der Waals surface area contributed by atoms with Gasteiger partial charge in [0, 0.05) is 12.1 Å². The number of rotatable bonds is 3. The van der Waals surface area contributed by atoms with Crippen LogP contribution in [0.25, 0.3) is 17.0 Å². The summed E-state index contributed by atoms with van der Waals surface area (Å²) in [5.41, 5.74) is 3.36. The Morgan fingerprint density at radius 3 is 2.50 bits per heavy atom. The summed E-state index contributed by atoms with van der Waals surface area (Å²) in [6.45, 7) is 3.57.